The number of ether oxygens (including phenoxy) is 1. The number of aliphatic hydroxyl groups is 2. The molecule has 2 aromatic carbocycles. The number of phenols is 2. The van der Waals surface area contributed by atoms with Crippen molar-refractivity contribution in [2.45, 2.75) is 37.9 Å². The van der Waals surface area contributed by atoms with E-state index in [1.54, 1.807) is 25.1 Å². The molecule has 0 spiro atoms. The van der Waals surface area contributed by atoms with E-state index in [-0.39, 0.29) is 41.9 Å². The number of fused-ring (bicyclic) bond motifs is 3. The number of aliphatic hydroxyl groups excluding tert-OH is 1. The smallest absolute Gasteiger partial charge is 0.201 e. The highest BCUT2D eigenvalue weighted by molar-refractivity contribution is 6.16. The lowest BCUT2D eigenvalue weighted by Gasteiger charge is -2.36. The maximum absolute atomic E-state index is 13.1. The first-order chi connectivity index (χ1) is 12.2. The fraction of sp³-hybridized carbons (Fsp3) is 0.350. The van der Waals surface area contributed by atoms with Crippen LogP contribution in [0, 0.1) is 0 Å². The van der Waals surface area contributed by atoms with Crippen molar-refractivity contribution in [3.05, 3.63) is 51.6 Å². The molecule has 0 amide bonds. The summed E-state index contributed by atoms with van der Waals surface area (Å²) in [6.45, 7) is 1.57. The third kappa shape index (κ3) is 2.22. The predicted octanol–water partition coefficient (Wildman–Crippen LogP) is 1.97. The number of aromatic hydroxyl groups is 2. The molecule has 0 aromatic heterocycles. The summed E-state index contributed by atoms with van der Waals surface area (Å²) in [6.07, 6.45) is -0.819. The third-order valence-electron chi connectivity index (χ3n) is 5.37. The van der Waals surface area contributed by atoms with Gasteiger partial charge in [0.2, 0.25) is 5.78 Å². The van der Waals surface area contributed by atoms with E-state index in [1.165, 1.54) is 7.11 Å². The Hall–Kier alpha value is -2.57. The van der Waals surface area contributed by atoms with Gasteiger partial charge in [-0.15, -0.1) is 0 Å². The lowest BCUT2D eigenvalue weighted by molar-refractivity contribution is -0.00901. The van der Waals surface area contributed by atoms with Crippen molar-refractivity contribution < 1.29 is 30.0 Å². The second kappa shape index (κ2) is 5.46. The molecular formula is C20H20O6. The van der Waals surface area contributed by atoms with E-state index in [1.807, 2.05) is 0 Å². The van der Waals surface area contributed by atoms with E-state index >= 15 is 0 Å². The fourth-order valence-corrected chi connectivity index (χ4v) is 4.24. The Bertz CT molecular complexity index is 944. The van der Waals surface area contributed by atoms with Crippen LogP contribution in [0.1, 0.15) is 57.6 Å². The minimum absolute atomic E-state index is 0.00107. The van der Waals surface area contributed by atoms with Crippen molar-refractivity contribution in [1.29, 1.82) is 0 Å². The monoisotopic (exact) mass is 356 g/mol. The number of methoxy groups -OCH3 is 1. The van der Waals surface area contributed by atoms with Crippen molar-refractivity contribution >= 4 is 5.78 Å². The predicted molar refractivity (Wildman–Crippen MR) is 92.9 cm³/mol. The Balaban J connectivity index is 1.99. The number of rotatable bonds is 1. The molecule has 6 nitrogen and oxygen atoms in total. The molecule has 0 saturated heterocycles. The molecule has 0 radical (unpaired) electrons. The molecule has 0 aliphatic heterocycles. The van der Waals surface area contributed by atoms with Gasteiger partial charge in [-0.2, -0.15) is 0 Å². The number of carbonyl (C=O) groups is 1. The van der Waals surface area contributed by atoms with Crippen LogP contribution in [0.3, 0.4) is 0 Å². The zero-order chi connectivity index (χ0) is 18.8. The Labute approximate surface area is 150 Å². The number of carbonyl (C=O) groups excluding carboxylic acids is 1. The molecule has 0 heterocycles. The molecule has 2 aliphatic carbocycles. The SMILES string of the molecule is COc1cccc2c1C(=O)c1c(O)c3c(c(O)c1C2)C[C@](C)(O)C[C@@H]3O. The van der Waals surface area contributed by atoms with Gasteiger partial charge in [-0.1, -0.05) is 12.1 Å². The molecular weight excluding hydrogens is 336 g/mol. The Kier molecular flexibility index (Phi) is 3.54. The molecule has 26 heavy (non-hydrogen) atoms. The van der Waals surface area contributed by atoms with E-state index in [0.717, 1.165) is 0 Å². The van der Waals surface area contributed by atoms with Crippen molar-refractivity contribution in [2.75, 3.05) is 7.11 Å². The molecule has 136 valence electrons. The second-order valence-electron chi connectivity index (χ2n) is 7.34. The first-order valence-corrected chi connectivity index (χ1v) is 8.45. The summed E-state index contributed by atoms with van der Waals surface area (Å²) in [6, 6.07) is 5.21. The Morgan fingerprint density at radius 2 is 1.88 bits per heavy atom. The van der Waals surface area contributed by atoms with Crippen LogP contribution >= 0.6 is 0 Å². The summed E-state index contributed by atoms with van der Waals surface area (Å²) < 4.78 is 5.28. The van der Waals surface area contributed by atoms with E-state index in [2.05, 4.69) is 0 Å². The maximum Gasteiger partial charge on any atom is 0.201 e. The van der Waals surface area contributed by atoms with Crippen molar-refractivity contribution in [3.63, 3.8) is 0 Å². The van der Waals surface area contributed by atoms with Crippen LogP contribution in [0.15, 0.2) is 18.2 Å². The van der Waals surface area contributed by atoms with Gasteiger partial charge >= 0.3 is 0 Å². The highest BCUT2D eigenvalue weighted by Gasteiger charge is 2.41. The second-order valence-corrected chi connectivity index (χ2v) is 7.34. The molecule has 2 atom stereocenters. The van der Waals surface area contributed by atoms with E-state index in [0.29, 0.717) is 28.0 Å². The summed E-state index contributed by atoms with van der Waals surface area (Å²) >= 11 is 0. The quantitative estimate of drug-likeness (QED) is 0.497. The van der Waals surface area contributed by atoms with Gasteiger partial charge in [-0.05, 0) is 18.6 Å². The number of ketones is 1. The first kappa shape index (κ1) is 16.9. The highest BCUT2D eigenvalue weighted by Crippen LogP contribution is 2.50. The molecule has 2 aromatic rings. The average Bonchev–Trinajstić information content (AvgIpc) is 2.57. The lowest BCUT2D eigenvalue weighted by Crippen LogP contribution is -2.35. The van der Waals surface area contributed by atoms with Crippen molar-refractivity contribution in [3.8, 4) is 17.2 Å². The summed E-state index contributed by atoms with van der Waals surface area (Å²) in [7, 11) is 1.47. The van der Waals surface area contributed by atoms with Gasteiger partial charge in [0.05, 0.1) is 29.9 Å². The van der Waals surface area contributed by atoms with E-state index in [9.17, 15) is 25.2 Å². The first-order valence-electron chi connectivity index (χ1n) is 8.45. The van der Waals surface area contributed by atoms with Gasteiger partial charge in [0, 0.05) is 36.0 Å². The van der Waals surface area contributed by atoms with Crippen molar-refractivity contribution in [1.82, 2.24) is 0 Å². The van der Waals surface area contributed by atoms with Crippen LogP contribution in [0.5, 0.6) is 17.2 Å². The summed E-state index contributed by atoms with van der Waals surface area (Å²) in [5.41, 5.74) is 0.582. The number of phenolic OH excluding ortho intramolecular Hbond substituents is 2. The summed E-state index contributed by atoms with van der Waals surface area (Å²) in [5, 5.41) is 42.4. The average molecular weight is 356 g/mol. The van der Waals surface area contributed by atoms with Gasteiger partial charge in [0.25, 0.3) is 0 Å². The zero-order valence-corrected chi connectivity index (χ0v) is 14.5. The fourth-order valence-electron chi connectivity index (χ4n) is 4.24. The molecule has 0 unspecified atom stereocenters. The van der Waals surface area contributed by atoms with Crippen molar-refractivity contribution in [2.24, 2.45) is 0 Å². The molecule has 0 fully saturated rings. The standard InChI is InChI=1S/C20H20O6/c1-20(25)7-11-15(12(21)8-20)19(24)16-10(17(11)22)6-9-4-3-5-13(26-2)14(9)18(16)23/h3-5,12,21-22,24-25H,6-8H2,1-2H3/t12-,20-/m0/s1. The zero-order valence-electron chi connectivity index (χ0n) is 14.5. The summed E-state index contributed by atoms with van der Waals surface area (Å²) in [5.74, 6) is -0.511. The van der Waals surface area contributed by atoms with Crippen LogP contribution in [-0.2, 0) is 12.8 Å². The van der Waals surface area contributed by atoms with Gasteiger partial charge < -0.3 is 25.2 Å². The maximum atomic E-state index is 13.1. The number of benzene rings is 2. The minimum atomic E-state index is -1.20. The third-order valence-corrected chi connectivity index (χ3v) is 5.37. The van der Waals surface area contributed by atoms with E-state index < -0.39 is 17.5 Å². The molecule has 2 aliphatic rings. The largest absolute Gasteiger partial charge is 0.507 e. The van der Waals surface area contributed by atoms with E-state index in [4.69, 9.17) is 4.74 Å². The van der Waals surface area contributed by atoms with Crippen LogP contribution < -0.4 is 4.74 Å². The molecule has 4 rings (SSSR count). The molecule has 4 N–H and O–H groups in total. The lowest BCUT2D eigenvalue weighted by atomic mass is 9.74. The van der Waals surface area contributed by atoms with Crippen LogP contribution in [0.4, 0.5) is 0 Å². The van der Waals surface area contributed by atoms with Crippen LogP contribution in [0.25, 0.3) is 0 Å². The van der Waals surface area contributed by atoms with Crippen LogP contribution in [0.2, 0.25) is 0 Å². The van der Waals surface area contributed by atoms with Gasteiger partial charge in [0.15, 0.2) is 0 Å². The number of hydrogen-bond donors (Lipinski definition) is 4. The molecule has 6 heteroatoms. The Morgan fingerprint density at radius 1 is 1.15 bits per heavy atom. The number of hydrogen-bond acceptors (Lipinski definition) is 6. The highest BCUT2D eigenvalue weighted by atomic mass is 16.5. The van der Waals surface area contributed by atoms with Gasteiger partial charge in [-0.25, -0.2) is 0 Å². The molecule has 0 saturated carbocycles. The summed E-state index contributed by atoms with van der Waals surface area (Å²) in [4.78, 5) is 13.1. The topological polar surface area (TPSA) is 107 Å². The van der Waals surface area contributed by atoms with Gasteiger partial charge in [-0.3, -0.25) is 4.79 Å². The minimum Gasteiger partial charge on any atom is -0.507 e. The van der Waals surface area contributed by atoms with Crippen LogP contribution in [-0.4, -0.2) is 38.9 Å². The molecule has 0 bridgehead atoms. The Morgan fingerprint density at radius 3 is 2.58 bits per heavy atom. The normalized spacial score (nSPS) is 23.8. The van der Waals surface area contributed by atoms with Gasteiger partial charge in [0.1, 0.15) is 17.2 Å².